The highest BCUT2D eigenvalue weighted by molar-refractivity contribution is 9.10. The minimum atomic E-state index is -0.356. The Labute approximate surface area is 153 Å². The Morgan fingerprint density at radius 1 is 1.46 bits per heavy atom. The fourth-order valence-electron chi connectivity index (χ4n) is 1.81. The van der Waals surface area contributed by atoms with E-state index < -0.39 is 0 Å². The monoisotopic (exact) mass is 412 g/mol. The summed E-state index contributed by atoms with van der Waals surface area (Å²) < 4.78 is 5.80. The number of hydrogen-bond donors (Lipinski definition) is 2. The summed E-state index contributed by atoms with van der Waals surface area (Å²) in [7, 11) is 1.55. The maximum atomic E-state index is 12.2. The van der Waals surface area contributed by atoms with Crippen LogP contribution in [0.15, 0.2) is 22.7 Å². The average molecular weight is 413 g/mol. The summed E-state index contributed by atoms with van der Waals surface area (Å²) in [5.74, 6) is 0.910. The molecule has 1 aromatic heterocycles. The minimum absolute atomic E-state index is 0.0936. The number of benzene rings is 1. The number of hydrogen-bond acceptors (Lipinski definition) is 6. The van der Waals surface area contributed by atoms with E-state index in [1.807, 2.05) is 13.8 Å². The smallest absolute Gasteiger partial charge is 0.269 e. The third-order valence-electron chi connectivity index (χ3n) is 2.85. The summed E-state index contributed by atoms with van der Waals surface area (Å²) in [5.41, 5.74) is 0.434. The molecule has 0 atom stereocenters. The molecule has 2 N–H and O–H groups in total. The van der Waals surface area contributed by atoms with Crippen molar-refractivity contribution in [1.82, 2.24) is 25.5 Å². The second-order valence-electron chi connectivity index (χ2n) is 5.32. The third kappa shape index (κ3) is 4.96. The highest BCUT2D eigenvalue weighted by Gasteiger charge is 2.12. The van der Waals surface area contributed by atoms with E-state index >= 15 is 0 Å². The molecule has 0 radical (unpaired) electrons. The Morgan fingerprint density at radius 3 is 2.83 bits per heavy atom. The van der Waals surface area contributed by atoms with Crippen LogP contribution in [0.1, 0.15) is 24.2 Å². The SMILES string of the molecule is COc1ccc(C(=O)NC(=S)Nc2nnn(CC(C)C)n2)cc1Br. The lowest BCUT2D eigenvalue weighted by Gasteiger charge is -2.08. The van der Waals surface area contributed by atoms with Crippen LogP contribution in [0.3, 0.4) is 0 Å². The Balaban J connectivity index is 1.95. The summed E-state index contributed by atoms with van der Waals surface area (Å²) >= 11 is 8.43. The van der Waals surface area contributed by atoms with Gasteiger partial charge < -0.3 is 4.74 Å². The van der Waals surface area contributed by atoms with Gasteiger partial charge in [-0.05, 0) is 57.5 Å². The molecule has 2 rings (SSSR count). The third-order valence-corrected chi connectivity index (χ3v) is 3.67. The van der Waals surface area contributed by atoms with Gasteiger partial charge in [-0.15, -0.1) is 5.10 Å². The molecule has 0 aliphatic heterocycles. The van der Waals surface area contributed by atoms with Crippen molar-refractivity contribution in [1.29, 1.82) is 0 Å². The van der Waals surface area contributed by atoms with Crippen molar-refractivity contribution >= 4 is 45.1 Å². The first-order valence-corrected chi connectivity index (χ1v) is 8.33. The van der Waals surface area contributed by atoms with Gasteiger partial charge in [0.2, 0.25) is 0 Å². The Hall–Kier alpha value is -2.07. The van der Waals surface area contributed by atoms with E-state index in [1.54, 1.807) is 25.3 Å². The lowest BCUT2D eigenvalue weighted by atomic mass is 10.2. The van der Waals surface area contributed by atoms with Gasteiger partial charge in [0.15, 0.2) is 5.11 Å². The average Bonchev–Trinajstić information content (AvgIpc) is 2.92. The molecule has 0 aliphatic rings. The van der Waals surface area contributed by atoms with Gasteiger partial charge in [0.25, 0.3) is 11.9 Å². The van der Waals surface area contributed by atoms with Gasteiger partial charge in [-0.2, -0.15) is 4.80 Å². The molecule has 0 unspecified atom stereocenters. The lowest BCUT2D eigenvalue weighted by molar-refractivity contribution is 0.0977. The number of carbonyl (C=O) groups excluding carboxylic acids is 1. The lowest BCUT2D eigenvalue weighted by Crippen LogP contribution is -2.34. The van der Waals surface area contributed by atoms with Crippen molar-refractivity contribution in [3.63, 3.8) is 0 Å². The highest BCUT2D eigenvalue weighted by atomic mass is 79.9. The first kappa shape index (κ1) is 18.3. The van der Waals surface area contributed by atoms with Crippen molar-refractivity contribution in [3.8, 4) is 5.75 Å². The number of nitrogens with zero attached hydrogens (tertiary/aromatic N) is 4. The van der Waals surface area contributed by atoms with Crippen LogP contribution in [0.4, 0.5) is 5.95 Å². The summed E-state index contributed by atoms with van der Waals surface area (Å²) in [6.45, 7) is 4.75. The Bertz CT molecular complexity index is 749. The van der Waals surface area contributed by atoms with Crippen LogP contribution in [-0.2, 0) is 6.54 Å². The van der Waals surface area contributed by atoms with Crippen molar-refractivity contribution in [3.05, 3.63) is 28.2 Å². The number of thiocarbonyl (C=S) groups is 1. The number of anilines is 1. The van der Waals surface area contributed by atoms with E-state index in [0.29, 0.717) is 28.2 Å². The molecule has 24 heavy (non-hydrogen) atoms. The van der Waals surface area contributed by atoms with Gasteiger partial charge >= 0.3 is 0 Å². The molecular formula is C14H17BrN6O2S. The van der Waals surface area contributed by atoms with Crippen LogP contribution >= 0.6 is 28.1 Å². The van der Waals surface area contributed by atoms with Gasteiger partial charge in [-0.25, -0.2) is 0 Å². The molecule has 1 aromatic carbocycles. The quantitative estimate of drug-likeness (QED) is 0.726. The van der Waals surface area contributed by atoms with E-state index in [-0.39, 0.29) is 17.0 Å². The van der Waals surface area contributed by atoms with Crippen LogP contribution in [0.25, 0.3) is 0 Å². The van der Waals surface area contributed by atoms with E-state index in [1.165, 1.54) is 4.80 Å². The van der Waals surface area contributed by atoms with Gasteiger partial charge in [-0.1, -0.05) is 18.9 Å². The zero-order valence-electron chi connectivity index (χ0n) is 13.4. The predicted molar refractivity (Wildman–Crippen MR) is 97.0 cm³/mol. The number of nitrogens with one attached hydrogen (secondary N) is 2. The molecule has 0 bridgehead atoms. The Kier molecular flexibility index (Phi) is 6.21. The maximum Gasteiger partial charge on any atom is 0.269 e. The molecule has 128 valence electrons. The van der Waals surface area contributed by atoms with Crippen LogP contribution in [0, 0.1) is 5.92 Å². The zero-order valence-corrected chi connectivity index (χ0v) is 15.8. The molecule has 0 fully saturated rings. The van der Waals surface area contributed by atoms with Gasteiger partial charge in [-0.3, -0.25) is 15.4 Å². The number of ether oxygens (including phenoxy) is 1. The number of aromatic nitrogens is 4. The molecular weight excluding hydrogens is 396 g/mol. The number of halogens is 1. The van der Waals surface area contributed by atoms with Gasteiger partial charge in [0.1, 0.15) is 5.75 Å². The van der Waals surface area contributed by atoms with Gasteiger partial charge in [0, 0.05) is 5.56 Å². The standard InChI is InChI=1S/C14H17BrN6O2S/c1-8(2)7-21-19-13(18-20-21)17-14(24)16-12(22)9-4-5-11(23-3)10(15)6-9/h4-6,8H,7H2,1-3H3,(H2,16,17,19,22,24). The van der Waals surface area contributed by atoms with Crippen molar-refractivity contribution in [2.75, 3.05) is 12.4 Å². The van der Waals surface area contributed by atoms with E-state index in [0.717, 1.165) is 0 Å². The molecule has 0 saturated carbocycles. The van der Waals surface area contributed by atoms with E-state index in [9.17, 15) is 4.79 Å². The number of methoxy groups -OCH3 is 1. The van der Waals surface area contributed by atoms with Gasteiger partial charge in [0.05, 0.1) is 18.1 Å². The second kappa shape index (κ2) is 8.15. The summed E-state index contributed by atoms with van der Waals surface area (Å²) in [5, 5.41) is 17.2. The summed E-state index contributed by atoms with van der Waals surface area (Å²) in [6.07, 6.45) is 0. The fraction of sp³-hybridized carbons (Fsp3) is 0.357. The maximum absolute atomic E-state index is 12.2. The first-order valence-electron chi connectivity index (χ1n) is 7.12. The summed E-state index contributed by atoms with van der Waals surface area (Å²) in [4.78, 5) is 13.7. The van der Waals surface area contributed by atoms with Crippen LogP contribution < -0.4 is 15.4 Å². The molecule has 10 heteroatoms. The molecule has 0 aliphatic carbocycles. The number of rotatable bonds is 5. The Morgan fingerprint density at radius 2 is 2.21 bits per heavy atom. The van der Waals surface area contributed by atoms with E-state index in [4.69, 9.17) is 17.0 Å². The second-order valence-corrected chi connectivity index (χ2v) is 6.58. The molecule has 0 saturated heterocycles. The van der Waals surface area contributed by atoms with Crippen LogP contribution in [0.5, 0.6) is 5.75 Å². The van der Waals surface area contributed by atoms with Crippen molar-refractivity contribution in [2.45, 2.75) is 20.4 Å². The zero-order chi connectivity index (χ0) is 17.7. The fourth-order valence-corrected chi connectivity index (χ4v) is 2.54. The largest absolute Gasteiger partial charge is 0.496 e. The highest BCUT2D eigenvalue weighted by Crippen LogP contribution is 2.25. The summed E-state index contributed by atoms with van der Waals surface area (Å²) in [6, 6.07) is 4.97. The van der Waals surface area contributed by atoms with E-state index in [2.05, 4.69) is 42.0 Å². The number of amides is 1. The predicted octanol–water partition coefficient (Wildman–Crippen LogP) is 2.23. The minimum Gasteiger partial charge on any atom is -0.496 e. The van der Waals surface area contributed by atoms with Crippen LogP contribution in [0.2, 0.25) is 0 Å². The number of carbonyl (C=O) groups is 1. The van der Waals surface area contributed by atoms with Crippen molar-refractivity contribution < 1.29 is 9.53 Å². The molecule has 1 heterocycles. The molecule has 1 amide bonds. The topological polar surface area (TPSA) is 94.0 Å². The molecule has 0 spiro atoms. The number of tetrazole rings is 1. The molecule has 2 aromatic rings. The first-order chi connectivity index (χ1) is 11.4. The van der Waals surface area contributed by atoms with Crippen molar-refractivity contribution in [2.24, 2.45) is 5.92 Å². The molecule has 8 nitrogen and oxygen atoms in total. The van der Waals surface area contributed by atoms with Crippen LogP contribution in [-0.4, -0.2) is 38.3 Å². The normalized spacial score (nSPS) is 10.5.